The third kappa shape index (κ3) is 2.87. The van der Waals surface area contributed by atoms with Crippen molar-refractivity contribution >= 4 is 9.84 Å². The molecule has 1 saturated heterocycles. The number of benzene rings is 1. The summed E-state index contributed by atoms with van der Waals surface area (Å²) in [5.41, 5.74) is 0.0803. The summed E-state index contributed by atoms with van der Waals surface area (Å²) in [6.07, 6.45) is 0.632. The van der Waals surface area contributed by atoms with E-state index < -0.39 is 27.5 Å². The molecule has 18 heavy (non-hydrogen) atoms. The Hall–Kier alpha value is -1.01. The summed E-state index contributed by atoms with van der Waals surface area (Å²) in [5, 5.41) is 3.06. The normalized spacial score (nSPS) is 27.1. The lowest BCUT2D eigenvalue weighted by molar-refractivity contribution is 0.427. The average molecular weight is 275 g/mol. The van der Waals surface area contributed by atoms with E-state index in [2.05, 4.69) is 5.32 Å². The number of nitrogens with one attached hydrogen (secondary N) is 1. The standard InChI is InChI=1S/C12H15F2NO2S/c1-2-9-6-18(16,17)7-12(15-9)10-5-8(13)3-4-11(10)14/h3-5,9,12,15H,2,6-7H2,1H3. The number of rotatable bonds is 2. The molecule has 6 heteroatoms. The van der Waals surface area contributed by atoms with E-state index in [-0.39, 0.29) is 23.1 Å². The molecule has 2 rings (SSSR count). The van der Waals surface area contributed by atoms with Gasteiger partial charge in [0.15, 0.2) is 9.84 Å². The zero-order chi connectivity index (χ0) is 13.3. The molecule has 1 aromatic rings. The number of sulfone groups is 1. The van der Waals surface area contributed by atoms with E-state index in [1.54, 1.807) is 0 Å². The Morgan fingerprint density at radius 1 is 1.33 bits per heavy atom. The fourth-order valence-corrected chi connectivity index (χ4v) is 4.07. The van der Waals surface area contributed by atoms with E-state index in [0.717, 1.165) is 18.2 Å². The predicted octanol–water partition coefficient (Wildman–Crippen LogP) is 1.80. The van der Waals surface area contributed by atoms with E-state index in [9.17, 15) is 17.2 Å². The Balaban J connectivity index is 2.34. The van der Waals surface area contributed by atoms with Crippen LogP contribution >= 0.6 is 0 Å². The molecule has 1 aliphatic rings. The van der Waals surface area contributed by atoms with Crippen LogP contribution in [0.4, 0.5) is 8.78 Å². The van der Waals surface area contributed by atoms with Crippen LogP contribution in [0, 0.1) is 11.6 Å². The number of hydrogen-bond donors (Lipinski definition) is 1. The van der Waals surface area contributed by atoms with Crippen LogP contribution in [-0.2, 0) is 9.84 Å². The predicted molar refractivity (Wildman–Crippen MR) is 65.0 cm³/mol. The lowest BCUT2D eigenvalue weighted by atomic mass is 10.1. The summed E-state index contributed by atoms with van der Waals surface area (Å²) in [7, 11) is -3.22. The van der Waals surface area contributed by atoms with Crippen molar-refractivity contribution in [2.24, 2.45) is 0 Å². The molecule has 1 fully saturated rings. The van der Waals surface area contributed by atoms with Crippen molar-refractivity contribution in [3.05, 3.63) is 35.4 Å². The van der Waals surface area contributed by atoms with Gasteiger partial charge in [0.2, 0.25) is 0 Å². The third-order valence-electron chi connectivity index (χ3n) is 3.14. The molecule has 0 aliphatic carbocycles. The molecule has 0 saturated carbocycles. The second kappa shape index (κ2) is 4.93. The Morgan fingerprint density at radius 3 is 2.72 bits per heavy atom. The van der Waals surface area contributed by atoms with Crippen molar-refractivity contribution in [1.82, 2.24) is 5.32 Å². The van der Waals surface area contributed by atoms with Gasteiger partial charge < -0.3 is 5.32 Å². The van der Waals surface area contributed by atoms with Crippen LogP contribution in [0.1, 0.15) is 24.9 Å². The first kappa shape index (κ1) is 13.4. The molecular weight excluding hydrogens is 260 g/mol. The van der Waals surface area contributed by atoms with Crippen LogP contribution in [-0.4, -0.2) is 26.0 Å². The molecule has 0 spiro atoms. The van der Waals surface area contributed by atoms with Crippen molar-refractivity contribution in [2.45, 2.75) is 25.4 Å². The highest BCUT2D eigenvalue weighted by Gasteiger charge is 2.32. The first-order valence-electron chi connectivity index (χ1n) is 5.82. The lowest BCUT2D eigenvalue weighted by Crippen LogP contribution is -2.47. The van der Waals surface area contributed by atoms with Gasteiger partial charge in [-0.1, -0.05) is 6.92 Å². The molecule has 0 radical (unpaired) electrons. The minimum absolute atomic E-state index is 0.0525. The first-order valence-corrected chi connectivity index (χ1v) is 7.65. The highest BCUT2D eigenvalue weighted by molar-refractivity contribution is 7.91. The molecule has 100 valence electrons. The van der Waals surface area contributed by atoms with Crippen LogP contribution in [0.5, 0.6) is 0 Å². The topological polar surface area (TPSA) is 46.2 Å². The Bertz CT molecular complexity index is 545. The smallest absolute Gasteiger partial charge is 0.153 e. The average Bonchev–Trinajstić information content (AvgIpc) is 2.30. The monoisotopic (exact) mass is 275 g/mol. The van der Waals surface area contributed by atoms with E-state index in [0.29, 0.717) is 6.42 Å². The Morgan fingerprint density at radius 2 is 2.06 bits per heavy atom. The fourth-order valence-electron chi connectivity index (χ4n) is 2.21. The van der Waals surface area contributed by atoms with E-state index in [4.69, 9.17) is 0 Å². The van der Waals surface area contributed by atoms with Crippen LogP contribution in [0.15, 0.2) is 18.2 Å². The van der Waals surface area contributed by atoms with Crippen LogP contribution < -0.4 is 5.32 Å². The van der Waals surface area contributed by atoms with Gasteiger partial charge in [0.25, 0.3) is 0 Å². The maximum Gasteiger partial charge on any atom is 0.153 e. The molecule has 0 aromatic heterocycles. The minimum atomic E-state index is -3.22. The zero-order valence-electron chi connectivity index (χ0n) is 9.99. The van der Waals surface area contributed by atoms with Crippen molar-refractivity contribution in [2.75, 3.05) is 11.5 Å². The van der Waals surface area contributed by atoms with Gasteiger partial charge in [0.05, 0.1) is 11.5 Å². The van der Waals surface area contributed by atoms with Crippen molar-refractivity contribution < 1.29 is 17.2 Å². The maximum absolute atomic E-state index is 13.6. The third-order valence-corrected chi connectivity index (χ3v) is 4.89. The largest absolute Gasteiger partial charge is 0.305 e. The Kier molecular flexibility index (Phi) is 3.68. The van der Waals surface area contributed by atoms with Crippen molar-refractivity contribution in [3.8, 4) is 0 Å². The van der Waals surface area contributed by atoms with Gasteiger partial charge in [0.1, 0.15) is 11.6 Å². The second-order valence-electron chi connectivity index (χ2n) is 4.57. The molecule has 1 heterocycles. The van der Waals surface area contributed by atoms with Gasteiger partial charge in [-0.15, -0.1) is 0 Å². The molecular formula is C12H15F2NO2S. The van der Waals surface area contributed by atoms with Gasteiger partial charge in [-0.2, -0.15) is 0 Å². The fraction of sp³-hybridized carbons (Fsp3) is 0.500. The zero-order valence-corrected chi connectivity index (χ0v) is 10.8. The van der Waals surface area contributed by atoms with Gasteiger partial charge in [0, 0.05) is 17.6 Å². The van der Waals surface area contributed by atoms with E-state index in [1.165, 1.54) is 0 Å². The molecule has 3 nitrogen and oxygen atoms in total. The highest BCUT2D eigenvalue weighted by Crippen LogP contribution is 2.24. The lowest BCUT2D eigenvalue weighted by Gasteiger charge is -2.30. The second-order valence-corrected chi connectivity index (χ2v) is 6.72. The van der Waals surface area contributed by atoms with Gasteiger partial charge >= 0.3 is 0 Å². The molecule has 1 N–H and O–H groups in total. The van der Waals surface area contributed by atoms with Crippen LogP contribution in [0.3, 0.4) is 0 Å². The minimum Gasteiger partial charge on any atom is -0.305 e. The number of halogens is 2. The molecule has 0 amide bonds. The van der Waals surface area contributed by atoms with Crippen molar-refractivity contribution in [3.63, 3.8) is 0 Å². The first-order chi connectivity index (χ1) is 8.41. The maximum atomic E-state index is 13.6. The summed E-state index contributed by atoms with van der Waals surface area (Å²) in [4.78, 5) is 0. The number of hydrogen-bond acceptors (Lipinski definition) is 3. The van der Waals surface area contributed by atoms with Crippen molar-refractivity contribution in [1.29, 1.82) is 0 Å². The molecule has 1 aromatic carbocycles. The van der Waals surface area contributed by atoms with Crippen LogP contribution in [0.25, 0.3) is 0 Å². The summed E-state index contributed by atoms with van der Waals surface area (Å²) in [6.45, 7) is 1.86. The van der Waals surface area contributed by atoms with Gasteiger partial charge in [-0.05, 0) is 24.6 Å². The molecule has 2 unspecified atom stereocenters. The van der Waals surface area contributed by atoms with Gasteiger partial charge in [-0.25, -0.2) is 17.2 Å². The summed E-state index contributed by atoms with van der Waals surface area (Å²) >= 11 is 0. The SMILES string of the molecule is CCC1CS(=O)(=O)CC(c2cc(F)ccc2F)N1. The van der Waals surface area contributed by atoms with E-state index >= 15 is 0 Å². The van der Waals surface area contributed by atoms with Gasteiger partial charge in [-0.3, -0.25) is 0 Å². The summed E-state index contributed by atoms with van der Waals surface area (Å²) < 4.78 is 50.3. The summed E-state index contributed by atoms with van der Waals surface area (Å²) in [6, 6.07) is 2.21. The highest BCUT2D eigenvalue weighted by atomic mass is 32.2. The molecule has 2 atom stereocenters. The Labute approximate surface area is 105 Å². The quantitative estimate of drug-likeness (QED) is 0.895. The molecule has 0 bridgehead atoms. The van der Waals surface area contributed by atoms with Crippen LogP contribution in [0.2, 0.25) is 0 Å². The van der Waals surface area contributed by atoms with E-state index in [1.807, 2.05) is 6.92 Å². The summed E-state index contributed by atoms with van der Waals surface area (Å²) in [5.74, 6) is -1.29. The molecule has 1 aliphatic heterocycles.